The van der Waals surface area contributed by atoms with Crippen molar-refractivity contribution < 1.29 is 4.43 Å². The fourth-order valence-electron chi connectivity index (χ4n) is 3.20. The summed E-state index contributed by atoms with van der Waals surface area (Å²) >= 11 is 0. The molecule has 0 aromatic heterocycles. The molecule has 0 spiro atoms. The van der Waals surface area contributed by atoms with Crippen LogP contribution < -0.4 is 0 Å². The molecule has 0 aliphatic heterocycles. The Kier molecular flexibility index (Phi) is 3.48. The zero-order chi connectivity index (χ0) is 11.0. The zero-order valence-corrected chi connectivity index (χ0v) is 12.6. The van der Waals surface area contributed by atoms with E-state index in [9.17, 15) is 0 Å². The molecule has 14 heavy (non-hydrogen) atoms. The van der Waals surface area contributed by atoms with E-state index < -0.39 is 0 Å². The molecule has 0 N–H and O–H groups in total. The fourth-order valence-corrected chi connectivity index (χ4v) is 3.54. The van der Waals surface area contributed by atoms with E-state index >= 15 is 0 Å². The van der Waals surface area contributed by atoms with E-state index in [0.717, 1.165) is 23.0 Å². The van der Waals surface area contributed by atoms with Crippen LogP contribution in [0, 0.1) is 22.7 Å². The molecule has 0 saturated heterocycles. The smallest absolute Gasteiger partial charge is 0.145 e. The van der Waals surface area contributed by atoms with Gasteiger partial charge in [0.25, 0.3) is 0 Å². The fraction of sp³-hybridized carbons (Fsp3) is 0.917. The van der Waals surface area contributed by atoms with Crippen LogP contribution in [-0.4, -0.2) is 17.1 Å². The van der Waals surface area contributed by atoms with Gasteiger partial charge >= 0.3 is 0 Å². The Morgan fingerprint density at radius 2 is 2.00 bits per heavy atom. The molecular weight excluding hydrogens is 188 g/mol. The highest BCUT2D eigenvalue weighted by Gasteiger charge is 2.47. The predicted octanol–water partition coefficient (Wildman–Crippen LogP) is 2.34. The van der Waals surface area contributed by atoms with Gasteiger partial charge in [-0.1, -0.05) is 34.6 Å². The third-order valence-corrected chi connectivity index (χ3v) is 4.17. The first kappa shape index (κ1) is 12.2. The van der Waals surface area contributed by atoms with Crippen LogP contribution in [0.25, 0.3) is 0 Å². The lowest BCUT2D eigenvalue weighted by Crippen LogP contribution is -2.34. The maximum atomic E-state index is 5.42. The molecule has 0 bridgehead atoms. The van der Waals surface area contributed by atoms with Gasteiger partial charge in [0.15, 0.2) is 0 Å². The molecule has 1 aliphatic rings. The molecule has 2 heteroatoms. The van der Waals surface area contributed by atoms with Crippen molar-refractivity contribution in [2.45, 2.75) is 47.5 Å². The van der Waals surface area contributed by atoms with E-state index in [1.807, 2.05) is 0 Å². The van der Waals surface area contributed by atoms with Gasteiger partial charge in [-0.3, -0.25) is 0 Å². The predicted molar refractivity (Wildman–Crippen MR) is 65.1 cm³/mol. The second-order valence-electron chi connectivity index (χ2n) is 6.22. The monoisotopic (exact) mass is 213 g/mol. The van der Waals surface area contributed by atoms with Crippen molar-refractivity contribution >= 4 is 10.5 Å². The summed E-state index contributed by atoms with van der Waals surface area (Å²) in [5.41, 5.74) is 0.805. The molecule has 1 radical (unpaired) electrons. The first-order valence-electron chi connectivity index (χ1n) is 5.64. The van der Waals surface area contributed by atoms with E-state index in [0.29, 0.717) is 10.8 Å². The minimum atomic E-state index is 0.378. The molecule has 1 fully saturated rings. The first-order chi connectivity index (χ1) is 6.30. The van der Waals surface area contributed by atoms with Gasteiger partial charge in [-0.15, -0.1) is 0 Å². The van der Waals surface area contributed by atoms with E-state index in [1.165, 1.54) is 12.8 Å². The highest BCUT2D eigenvalue weighted by molar-refractivity contribution is 5.98. The van der Waals surface area contributed by atoms with Gasteiger partial charge in [0.1, 0.15) is 10.5 Å². The first-order valence-corrected chi connectivity index (χ1v) is 6.46. The summed E-state index contributed by atoms with van der Waals surface area (Å²) in [6.07, 6.45) is 2.62. The summed E-state index contributed by atoms with van der Waals surface area (Å²) in [5.74, 6) is 2.44. The van der Waals surface area contributed by atoms with Crippen molar-refractivity contribution in [2.24, 2.45) is 16.7 Å². The van der Waals surface area contributed by atoms with Gasteiger partial charge < -0.3 is 4.43 Å². The van der Waals surface area contributed by atoms with Crippen molar-refractivity contribution in [3.8, 4) is 0 Å². The average Bonchev–Trinajstić information content (AvgIpc) is 2.26. The summed E-state index contributed by atoms with van der Waals surface area (Å²) in [6.45, 7) is 12.8. The van der Waals surface area contributed by atoms with Gasteiger partial charge in [-0.25, -0.2) is 0 Å². The Bertz CT molecular complexity index is 193. The SMILES string of the molecule is CC(C)(C)C1CC[C](CO[SiH3])C1(C)C. The summed E-state index contributed by atoms with van der Waals surface area (Å²) < 4.78 is 5.42. The Hall–Kier alpha value is 0.177. The third kappa shape index (κ3) is 2.22. The van der Waals surface area contributed by atoms with Gasteiger partial charge in [-0.2, -0.15) is 0 Å². The van der Waals surface area contributed by atoms with Gasteiger partial charge in [0, 0.05) is 12.5 Å². The molecule has 0 aromatic carbocycles. The van der Waals surface area contributed by atoms with E-state index in [-0.39, 0.29) is 0 Å². The Morgan fingerprint density at radius 3 is 2.36 bits per heavy atom. The molecule has 83 valence electrons. The largest absolute Gasteiger partial charge is 0.427 e. The van der Waals surface area contributed by atoms with Crippen molar-refractivity contribution in [1.29, 1.82) is 0 Å². The van der Waals surface area contributed by atoms with Crippen molar-refractivity contribution in [1.82, 2.24) is 0 Å². The number of hydrogen-bond acceptors (Lipinski definition) is 1. The number of rotatable bonds is 2. The second-order valence-corrected chi connectivity index (χ2v) is 6.79. The highest BCUT2D eigenvalue weighted by Crippen LogP contribution is 2.55. The molecule has 0 amide bonds. The third-order valence-electron chi connectivity index (χ3n) is 3.88. The van der Waals surface area contributed by atoms with Gasteiger partial charge in [0.05, 0.1) is 0 Å². The van der Waals surface area contributed by atoms with E-state index in [2.05, 4.69) is 34.6 Å². The standard InChI is InChI=1S/C12H25OSi/c1-11(2,3)10-7-6-9(8-13-14)12(10,4)5/h10H,6-8H2,1-5,14H3. The quantitative estimate of drug-likeness (QED) is 0.640. The molecular formula is C12H25OSi. The summed E-state index contributed by atoms with van der Waals surface area (Å²) in [5, 5.41) is 0. The van der Waals surface area contributed by atoms with E-state index in [4.69, 9.17) is 4.43 Å². The second kappa shape index (κ2) is 3.97. The highest BCUT2D eigenvalue weighted by atomic mass is 28.2. The maximum absolute atomic E-state index is 5.42. The molecule has 1 saturated carbocycles. The summed E-state index contributed by atoms with van der Waals surface area (Å²) in [7, 11) is 0.865. The number of hydrogen-bond donors (Lipinski definition) is 0. The van der Waals surface area contributed by atoms with Crippen LogP contribution in [0.3, 0.4) is 0 Å². The minimum Gasteiger partial charge on any atom is -0.427 e. The van der Waals surface area contributed by atoms with Crippen LogP contribution in [-0.2, 0) is 4.43 Å². The van der Waals surface area contributed by atoms with Crippen LogP contribution >= 0.6 is 0 Å². The molecule has 1 unspecified atom stereocenters. The van der Waals surface area contributed by atoms with Crippen molar-refractivity contribution in [2.75, 3.05) is 6.61 Å². The van der Waals surface area contributed by atoms with E-state index in [1.54, 1.807) is 5.92 Å². The molecule has 0 heterocycles. The normalized spacial score (nSPS) is 28.5. The van der Waals surface area contributed by atoms with Crippen LogP contribution in [0.2, 0.25) is 0 Å². The van der Waals surface area contributed by atoms with Crippen LogP contribution in [0.1, 0.15) is 47.5 Å². The van der Waals surface area contributed by atoms with Crippen molar-refractivity contribution in [3.63, 3.8) is 0 Å². The Balaban J connectivity index is 2.76. The average molecular weight is 213 g/mol. The van der Waals surface area contributed by atoms with Crippen LogP contribution in [0.4, 0.5) is 0 Å². The molecule has 1 atom stereocenters. The lowest BCUT2D eigenvalue weighted by atomic mass is 9.65. The summed E-state index contributed by atoms with van der Waals surface area (Å²) in [6, 6.07) is 0. The molecule has 1 rings (SSSR count). The van der Waals surface area contributed by atoms with Crippen LogP contribution in [0.15, 0.2) is 0 Å². The zero-order valence-electron chi connectivity index (χ0n) is 10.6. The Labute approximate surface area is 92.2 Å². The van der Waals surface area contributed by atoms with Gasteiger partial charge in [0.2, 0.25) is 0 Å². The lowest BCUT2D eigenvalue weighted by molar-refractivity contribution is 0.121. The maximum Gasteiger partial charge on any atom is 0.145 e. The minimum absolute atomic E-state index is 0.378. The van der Waals surface area contributed by atoms with Crippen molar-refractivity contribution in [3.05, 3.63) is 5.92 Å². The molecule has 0 aromatic rings. The van der Waals surface area contributed by atoms with Crippen LogP contribution in [0.5, 0.6) is 0 Å². The topological polar surface area (TPSA) is 9.23 Å². The lowest BCUT2D eigenvalue weighted by Gasteiger charge is -2.40. The molecule has 1 nitrogen and oxygen atoms in total. The summed E-state index contributed by atoms with van der Waals surface area (Å²) in [4.78, 5) is 0. The Morgan fingerprint density at radius 1 is 1.43 bits per heavy atom. The van der Waals surface area contributed by atoms with Gasteiger partial charge in [-0.05, 0) is 29.6 Å². The molecule has 1 aliphatic carbocycles.